The van der Waals surface area contributed by atoms with Crippen LogP contribution < -0.4 is 5.19 Å². The van der Waals surface area contributed by atoms with E-state index in [0.717, 1.165) is 0 Å². The molecule has 7 rings (SSSR count). The van der Waals surface area contributed by atoms with Crippen molar-refractivity contribution in [2.24, 2.45) is 0 Å². The summed E-state index contributed by atoms with van der Waals surface area (Å²) in [6.07, 6.45) is 0. The Hall–Kier alpha value is -3.88. The van der Waals surface area contributed by atoms with E-state index in [2.05, 4.69) is 133 Å². The number of fused-ring (bicyclic) bond motifs is 10. The van der Waals surface area contributed by atoms with Crippen molar-refractivity contribution in [1.29, 1.82) is 0 Å². The first-order valence-electron chi connectivity index (χ1n) is 12.4. The Labute approximate surface area is 206 Å². The van der Waals surface area contributed by atoms with Crippen LogP contribution in [0.5, 0.6) is 0 Å². The molecule has 1 heterocycles. The average Bonchev–Trinajstić information content (AvgIpc) is 3.23. The average molecular weight is 466 g/mol. The summed E-state index contributed by atoms with van der Waals surface area (Å²) in [4.78, 5) is 0. The summed E-state index contributed by atoms with van der Waals surface area (Å²) in [5.74, 6) is 0. The number of para-hydroxylation sites is 1. The normalized spacial score (nSPS) is 12.4. The second kappa shape index (κ2) is 7.31. The maximum absolute atomic E-state index is 2.48. The van der Waals surface area contributed by atoms with Gasteiger partial charge < -0.3 is 4.57 Å². The van der Waals surface area contributed by atoms with Crippen LogP contribution in [0.4, 0.5) is 0 Å². The highest BCUT2D eigenvalue weighted by Crippen LogP contribution is 2.44. The van der Waals surface area contributed by atoms with Gasteiger partial charge in [0.15, 0.2) is 0 Å². The third-order valence-electron chi connectivity index (χ3n) is 7.52. The SMILES string of the molecule is C[Si](C)(C)c1ccc(-n2c3ccccc3c3c4ccc5ccccc5c4c4ccccc4c32)cc1. The van der Waals surface area contributed by atoms with Crippen molar-refractivity contribution in [1.82, 2.24) is 4.57 Å². The molecule has 0 saturated carbocycles. The Morgan fingerprint density at radius 2 is 1.11 bits per heavy atom. The zero-order chi connectivity index (χ0) is 23.7. The van der Waals surface area contributed by atoms with Gasteiger partial charge in [-0.15, -0.1) is 0 Å². The van der Waals surface area contributed by atoms with Crippen LogP contribution in [0, 0.1) is 0 Å². The first-order chi connectivity index (χ1) is 17.0. The molecule has 0 unspecified atom stereocenters. The van der Waals surface area contributed by atoms with E-state index in [1.54, 1.807) is 0 Å². The summed E-state index contributed by atoms with van der Waals surface area (Å²) in [7, 11) is -1.36. The number of rotatable bonds is 2. The second-order valence-electron chi connectivity index (χ2n) is 10.6. The highest BCUT2D eigenvalue weighted by molar-refractivity contribution is 6.88. The molecule has 0 N–H and O–H groups in total. The van der Waals surface area contributed by atoms with Crippen LogP contribution >= 0.6 is 0 Å². The van der Waals surface area contributed by atoms with Gasteiger partial charge in [-0.2, -0.15) is 0 Å². The lowest BCUT2D eigenvalue weighted by molar-refractivity contribution is 1.19. The van der Waals surface area contributed by atoms with Gasteiger partial charge in [-0.3, -0.25) is 0 Å². The fraction of sp³-hybridized carbons (Fsp3) is 0.0909. The van der Waals surface area contributed by atoms with Crippen molar-refractivity contribution in [3.63, 3.8) is 0 Å². The monoisotopic (exact) mass is 465 g/mol. The largest absolute Gasteiger partial charge is 0.309 e. The molecular formula is C33H27NSi. The Balaban J connectivity index is 1.73. The number of hydrogen-bond donors (Lipinski definition) is 0. The lowest BCUT2D eigenvalue weighted by atomic mass is 9.93. The van der Waals surface area contributed by atoms with Crippen molar-refractivity contribution in [2.75, 3.05) is 0 Å². The molecule has 0 aliphatic carbocycles. The minimum Gasteiger partial charge on any atom is -0.309 e. The molecule has 0 fully saturated rings. The molecule has 168 valence electrons. The Morgan fingerprint density at radius 3 is 1.86 bits per heavy atom. The molecule has 0 aliphatic heterocycles. The minimum absolute atomic E-state index is 1.23. The first-order valence-corrected chi connectivity index (χ1v) is 15.9. The van der Waals surface area contributed by atoms with Crippen LogP contribution in [0.3, 0.4) is 0 Å². The van der Waals surface area contributed by atoms with E-state index < -0.39 is 8.07 Å². The lowest BCUT2D eigenvalue weighted by Crippen LogP contribution is -2.37. The lowest BCUT2D eigenvalue weighted by Gasteiger charge is -2.18. The summed E-state index contributed by atoms with van der Waals surface area (Å²) in [6.45, 7) is 7.23. The van der Waals surface area contributed by atoms with Gasteiger partial charge in [0.05, 0.1) is 19.1 Å². The van der Waals surface area contributed by atoms with Crippen LogP contribution in [0.25, 0.3) is 59.8 Å². The molecule has 0 saturated heterocycles. The number of aromatic nitrogens is 1. The van der Waals surface area contributed by atoms with Crippen LogP contribution in [-0.4, -0.2) is 12.6 Å². The van der Waals surface area contributed by atoms with E-state index in [-0.39, 0.29) is 0 Å². The van der Waals surface area contributed by atoms with E-state index in [1.165, 1.54) is 65.0 Å². The highest BCUT2D eigenvalue weighted by atomic mass is 28.3. The molecule has 0 spiro atoms. The topological polar surface area (TPSA) is 4.93 Å². The Morgan fingerprint density at radius 1 is 0.486 bits per heavy atom. The predicted molar refractivity (Wildman–Crippen MR) is 156 cm³/mol. The number of benzene rings is 6. The first kappa shape index (κ1) is 20.5. The van der Waals surface area contributed by atoms with Crippen LogP contribution in [0.2, 0.25) is 19.6 Å². The molecule has 35 heavy (non-hydrogen) atoms. The van der Waals surface area contributed by atoms with Crippen molar-refractivity contribution < 1.29 is 0 Å². The van der Waals surface area contributed by atoms with E-state index in [9.17, 15) is 0 Å². The van der Waals surface area contributed by atoms with E-state index >= 15 is 0 Å². The van der Waals surface area contributed by atoms with Gasteiger partial charge in [0.1, 0.15) is 0 Å². The third-order valence-corrected chi connectivity index (χ3v) is 9.58. The molecule has 0 amide bonds. The fourth-order valence-electron chi connectivity index (χ4n) is 5.82. The Kier molecular flexibility index (Phi) is 4.28. The molecule has 0 radical (unpaired) electrons. The molecule has 0 aliphatic rings. The molecule has 0 bridgehead atoms. The number of hydrogen-bond acceptors (Lipinski definition) is 0. The molecular weight excluding hydrogens is 438 g/mol. The van der Waals surface area contributed by atoms with Gasteiger partial charge in [-0.25, -0.2) is 0 Å². The van der Waals surface area contributed by atoms with Crippen LogP contribution in [0.15, 0.2) is 109 Å². The van der Waals surface area contributed by atoms with Crippen molar-refractivity contribution in [2.45, 2.75) is 19.6 Å². The van der Waals surface area contributed by atoms with Gasteiger partial charge in [-0.1, -0.05) is 116 Å². The summed E-state index contributed by atoms with van der Waals surface area (Å²) in [5, 5.41) is 12.0. The zero-order valence-corrected chi connectivity index (χ0v) is 21.3. The molecule has 6 aromatic carbocycles. The van der Waals surface area contributed by atoms with Gasteiger partial charge >= 0.3 is 0 Å². The van der Waals surface area contributed by atoms with E-state index in [4.69, 9.17) is 0 Å². The maximum Gasteiger partial charge on any atom is 0.0775 e. The van der Waals surface area contributed by atoms with E-state index in [0.29, 0.717) is 0 Å². The highest BCUT2D eigenvalue weighted by Gasteiger charge is 2.21. The fourth-order valence-corrected chi connectivity index (χ4v) is 6.99. The number of nitrogens with zero attached hydrogens (tertiary/aromatic N) is 1. The summed E-state index contributed by atoms with van der Waals surface area (Å²) >= 11 is 0. The standard InChI is InChI=1S/C33H27NSi/c1-35(2,3)24-19-17-23(18-20-24)34-30-15-9-8-14-28(30)32-29-21-16-22-10-4-5-11-25(22)31(29)26-12-6-7-13-27(26)33(32)34/h4-21H,1-3H3. The summed E-state index contributed by atoms with van der Waals surface area (Å²) in [5.41, 5.74) is 3.78. The van der Waals surface area contributed by atoms with Crippen molar-refractivity contribution in [3.8, 4) is 5.69 Å². The second-order valence-corrected chi connectivity index (χ2v) is 15.7. The molecule has 1 nitrogen and oxygen atoms in total. The summed E-state index contributed by atoms with van der Waals surface area (Å²) < 4.78 is 2.48. The van der Waals surface area contributed by atoms with Crippen LogP contribution in [0.1, 0.15) is 0 Å². The minimum atomic E-state index is -1.36. The maximum atomic E-state index is 2.48. The predicted octanol–water partition coefficient (Wildman–Crippen LogP) is 8.79. The smallest absolute Gasteiger partial charge is 0.0775 e. The quantitative estimate of drug-likeness (QED) is 0.178. The molecule has 0 atom stereocenters. The zero-order valence-electron chi connectivity index (χ0n) is 20.3. The van der Waals surface area contributed by atoms with Gasteiger partial charge in [-0.05, 0) is 45.1 Å². The Bertz CT molecular complexity index is 1920. The van der Waals surface area contributed by atoms with Crippen LogP contribution in [-0.2, 0) is 0 Å². The molecule has 2 heteroatoms. The van der Waals surface area contributed by atoms with Crippen molar-refractivity contribution in [3.05, 3.63) is 109 Å². The third kappa shape index (κ3) is 2.93. The van der Waals surface area contributed by atoms with Crippen molar-refractivity contribution >= 4 is 67.4 Å². The van der Waals surface area contributed by atoms with Gasteiger partial charge in [0, 0.05) is 21.8 Å². The van der Waals surface area contributed by atoms with Gasteiger partial charge in [0.2, 0.25) is 0 Å². The van der Waals surface area contributed by atoms with Gasteiger partial charge in [0.25, 0.3) is 0 Å². The molecule has 7 aromatic rings. The molecule has 1 aromatic heterocycles. The summed E-state index contributed by atoms with van der Waals surface area (Å²) in [6, 6.07) is 40.5. The van der Waals surface area contributed by atoms with E-state index in [1.807, 2.05) is 0 Å².